The lowest BCUT2D eigenvalue weighted by atomic mass is 10.2. The van der Waals surface area contributed by atoms with Crippen molar-refractivity contribution < 1.29 is 4.79 Å². The molecule has 0 bridgehead atoms. The molecular weight excluding hydrogens is 420 g/mol. The van der Waals surface area contributed by atoms with Gasteiger partial charge in [-0.2, -0.15) is 0 Å². The van der Waals surface area contributed by atoms with Crippen LogP contribution in [0, 0.1) is 0 Å². The summed E-state index contributed by atoms with van der Waals surface area (Å²) in [6.07, 6.45) is 0. The molecule has 1 heterocycles. The molecule has 0 atom stereocenters. The maximum Gasteiger partial charge on any atom is 0.234 e. The highest BCUT2D eigenvalue weighted by Crippen LogP contribution is 2.26. The summed E-state index contributed by atoms with van der Waals surface area (Å²) in [5, 5.41) is 10.4. The number of amides is 1. The Morgan fingerprint density at radius 2 is 2.19 bits per heavy atom. The lowest BCUT2D eigenvalue weighted by molar-refractivity contribution is -0.113. The summed E-state index contributed by atoms with van der Waals surface area (Å²) < 4.78 is 1.74. The van der Waals surface area contributed by atoms with Gasteiger partial charge in [0, 0.05) is 14.9 Å². The number of benzene rings is 1. The molecule has 21 heavy (non-hydrogen) atoms. The number of carbonyl (C=O) groups excluding carboxylic acids is 1. The second-order valence-electron chi connectivity index (χ2n) is 4.62. The highest BCUT2D eigenvalue weighted by Gasteiger charge is 2.11. The van der Waals surface area contributed by atoms with Gasteiger partial charge in [-0.25, -0.2) is 4.98 Å². The second-order valence-corrected chi connectivity index (χ2v) is 7.33. The minimum absolute atomic E-state index is 0.102. The molecule has 0 radical (unpaired) electrons. The Morgan fingerprint density at radius 3 is 2.86 bits per heavy atom. The molecule has 1 aromatic carbocycles. The van der Waals surface area contributed by atoms with E-state index in [0.717, 1.165) is 20.5 Å². The van der Waals surface area contributed by atoms with Gasteiger partial charge in [0.25, 0.3) is 0 Å². The summed E-state index contributed by atoms with van der Waals surface area (Å²) in [6, 6.07) is 5.61. The number of carbonyl (C=O) groups is 1. The van der Waals surface area contributed by atoms with Crippen LogP contribution in [0.4, 0.5) is 5.69 Å². The fourth-order valence-electron chi connectivity index (χ4n) is 1.49. The van der Waals surface area contributed by atoms with Crippen molar-refractivity contribution in [3.63, 3.8) is 0 Å². The summed E-state index contributed by atoms with van der Waals surface area (Å²) >= 11 is 8.08. The summed E-state index contributed by atoms with van der Waals surface area (Å²) in [7, 11) is 0. The van der Waals surface area contributed by atoms with Crippen LogP contribution in [-0.4, -0.2) is 26.8 Å². The lowest BCUT2D eigenvalue weighted by Crippen LogP contribution is -2.14. The van der Waals surface area contributed by atoms with Gasteiger partial charge in [0.1, 0.15) is 5.82 Å². The highest BCUT2D eigenvalue weighted by molar-refractivity contribution is 9.11. The number of hydrogen-bond acceptors (Lipinski definition) is 4. The highest BCUT2D eigenvalue weighted by atomic mass is 79.9. The molecule has 0 aliphatic rings. The van der Waals surface area contributed by atoms with Gasteiger partial charge < -0.3 is 5.32 Å². The fraction of sp³-hybridized carbons (Fsp3) is 0.308. The van der Waals surface area contributed by atoms with Crippen LogP contribution in [0.25, 0.3) is 0 Å². The van der Waals surface area contributed by atoms with Crippen molar-refractivity contribution in [3.8, 4) is 0 Å². The molecule has 0 saturated heterocycles. The van der Waals surface area contributed by atoms with Gasteiger partial charge >= 0.3 is 0 Å². The maximum absolute atomic E-state index is 12.0. The molecule has 1 aromatic heterocycles. The SMILES string of the molecule is CC(C)c1nc(SCC(=O)Nc2cc(Br)ccc2Br)n[nH]1. The third kappa shape index (κ3) is 4.82. The maximum atomic E-state index is 12.0. The molecule has 0 aliphatic heterocycles. The average molecular weight is 434 g/mol. The van der Waals surface area contributed by atoms with Gasteiger partial charge in [-0.1, -0.05) is 41.5 Å². The van der Waals surface area contributed by atoms with Gasteiger partial charge in [0.2, 0.25) is 11.1 Å². The summed E-state index contributed by atoms with van der Waals surface area (Å²) in [6.45, 7) is 4.07. The predicted molar refractivity (Wildman–Crippen MR) is 91.7 cm³/mol. The van der Waals surface area contributed by atoms with Crippen LogP contribution in [-0.2, 0) is 4.79 Å². The van der Waals surface area contributed by atoms with Crippen molar-refractivity contribution in [1.29, 1.82) is 0 Å². The van der Waals surface area contributed by atoms with Crippen molar-refractivity contribution in [2.45, 2.75) is 24.9 Å². The van der Waals surface area contributed by atoms with Crippen molar-refractivity contribution in [2.24, 2.45) is 0 Å². The molecule has 2 rings (SSSR count). The number of aromatic nitrogens is 3. The molecule has 0 saturated carbocycles. The number of rotatable bonds is 5. The third-order valence-electron chi connectivity index (χ3n) is 2.56. The number of nitrogens with one attached hydrogen (secondary N) is 2. The molecule has 0 aliphatic carbocycles. The predicted octanol–water partition coefficient (Wildman–Crippen LogP) is 4.18. The van der Waals surface area contributed by atoms with Crippen molar-refractivity contribution in [2.75, 3.05) is 11.1 Å². The molecule has 0 spiro atoms. The summed E-state index contributed by atoms with van der Waals surface area (Å²) in [4.78, 5) is 16.3. The van der Waals surface area contributed by atoms with Crippen molar-refractivity contribution in [1.82, 2.24) is 15.2 Å². The fourth-order valence-corrected chi connectivity index (χ4v) is 2.80. The van der Waals surface area contributed by atoms with Crippen molar-refractivity contribution >= 4 is 55.2 Å². The molecule has 5 nitrogen and oxygen atoms in total. The van der Waals surface area contributed by atoms with E-state index in [-0.39, 0.29) is 11.7 Å². The average Bonchev–Trinajstić information content (AvgIpc) is 2.90. The van der Waals surface area contributed by atoms with Crippen LogP contribution >= 0.6 is 43.6 Å². The smallest absolute Gasteiger partial charge is 0.234 e. The number of aromatic amines is 1. The van der Waals surface area contributed by atoms with E-state index in [0.29, 0.717) is 11.1 Å². The molecule has 8 heteroatoms. The van der Waals surface area contributed by atoms with E-state index in [4.69, 9.17) is 0 Å². The quantitative estimate of drug-likeness (QED) is 0.693. The Bertz CT molecular complexity index is 645. The summed E-state index contributed by atoms with van der Waals surface area (Å²) in [5.74, 6) is 1.27. The third-order valence-corrected chi connectivity index (χ3v) is 4.60. The van der Waals surface area contributed by atoms with Crippen LogP contribution in [0.5, 0.6) is 0 Å². The Morgan fingerprint density at radius 1 is 1.43 bits per heavy atom. The zero-order valence-electron chi connectivity index (χ0n) is 11.5. The second kappa shape index (κ2) is 7.42. The minimum Gasteiger partial charge on any atom is -0.324 e. The van der Waals surface area contributed by atoms with Crippen LogP contribution < -0.4 is 5.32 Å². The molecule has 0 fully saturated rings. The Balaban J connectivity index is 1.91. The number of anilines is 1. The van der Waals surface area contributed by atoms with E-state index in [1.54, 1.807) is 0 Å². The Hall–Kier alpha value is -0.860. The standard InChI is InChI=1S/C13H14Br2N4OS/c1-7(2)12-17-13(19-18-12)21-6-11(20)16-10-5-8(14)3-4-9(10)15/h3-5,7H,6H2,1-2H3,(H,16,20)(H,17,18,19). The zero-order chi connectivity index (χ0) is 15.4. The first-order valence-corrected chi connectivity index (χ1v) is 8.83. The van der Waals surface area contributed by atoms with Crippen molar-refractivity contribution in [3.05, 3.63) is 33.0 Å². The first-order valence-electron chi connectivity index (χ1n) is 6.25. The van der Waals surface area contributed by atoms with E-state index in [9.17, 15) is 4.79 Å². The molecule has 2 N–H and O–H groups in total. The molecule has 2 aromatic rings. The first-order chi connectivity index (χ1) is 9.95. The van der Waals surface area contributed by atoms with Crippen LogP contribution in [0.3, 0.4) is 0 Å². The van der Waals surface area contributed by atoms with Gasteiger partial charge in [-0.15, -0.1) is 5.10 Å². The van der Waals surface area contributed by atoms with Gasteiger partial charge in [0.05, 0.1) is 11.4 Å². The van der Waals surface area contributed by atoms with E-state index in [1.165, 1.54) is 11.8 Å². The zero-order valence-corrected chi connectivity index (χ0v) is 15.5. The topological polar surface area (TPSA) is 70.7 Å². The van der Waals surface area contributed by atoms with E-state index >= 15 is 0 Å². The van der Waals surface area contributed by atoms with Crippen LogP contribution in [0.15, 0.2) is 32.3 Å². The monoisotopic (exact) mass is 432 g/mol. The number of halogens is 2. The molecular formula is C13H14Br2N4OS. The Labute approximate surface area is 143 Å². The molecule has 112 valence electrons. The largest absolute Gasteiger partial charge is 0.324 e. The van der Waals surface area contributed by atoms with Gasteiger partial charge in [0.15, 0.2) is 0 Å². The van der Waals surface area contributed by atoms with Crippen LogP contribution in [0.2, 0.25) is 0 Å². The first kappa shape index (κ1) is 16.5. The van der Waals surface area contributed by atoms with E-state index in [2.05, 4.69) is 52.4 Å². The van der Waals surface area contributed by atoms with Gasteiger partial charge in [-0.05, 0) is 34.1 Å². The molecule has 0 unspecified atom stereocenters. The van der Waals surface area contributed by atoms with E-state index < -0.39 is 0 Å². The number of H-pyrrole nitrogens is 1. The minimum atomic E-state index is -0.102. The summed E-state index contributed by atoms with van der Waals surface area (Å²) in [5.41, 5.74) is 0.729. The van der Waals surface area contributed by atoms with E-state index in [1.807, 2.05) is 32.0 Å². The van der Waals surface area contributed by atoms with Crippen LogP contribution in [0.1, 0.15) is 25.6 Å². The normalized spacial score (nSPS) is 10.9. The van der Waals surface area contributed by atoms with Gasteiger partial charge in [-0.3, -0.25) is 9.89 Å². The Kier molecular flexibility index (Phi) is 5.83. The molecule has 1 amide bonds. The lowest BCUT2D eigenvalue weighted by Gasteiger charge is -2.07. The number of thioether (sulfide) groups is 1. The number of nitrogens with zero attached hydrogens (tertiary/aromatic N) is 2. The number of hydrogen-bond donors (Lipinski definition) is 2.